The van der Waals surface area contributed by atoms with Gasteiger partial charge in [-0.05, 0) is 43.5 Å². The van der Waals surface area contributed by atoms with Gasteiger partial charge in [0.25, 0.3) is 0 Å². The van der Waals surface area contributed by atoms with Crippen LogP contribution in [-0.4, -0.2) is 6.54 Å². The fraction of sp³-hybridized carbons (Fsp3) is 0.375. The van der Waals surface area contributed by atoms with Crippen molar-refractivity contribution in [2.45, 2.75) is 32.7 Å². The molecule has 96 valence electrons. The lowest BCUT2D eigenvalue weighted by Gasteiger charge is -2.16. The third-order valence-electron chi connectivity index (χ3n) is 3.36. The van der Waals surface area contributed by atoms with Crippen molar-refractivity contribution in [3.8, 4) is 0 Å². The predicted molar refractivity (Wildman–Crippen MR) is 74.6 cm³/mol. The molecule has 0 fully saturated rings. The Balaban J connectivity index is 2.00. The molecule has 0 saturated carbocycles. The first kappa shape index (κ1) is 12.9. The van der Waals surface area contributed by atoms with Crippen LogP contribution in [-0.2, 0) is 6.42 Å². The Labute approximate surface area is 109 Å². The molecule has 0 aliphatic rings. The standard InChI is InChI=1S/C16H21NO/c1-3-17-16(15-10-11-18-12-15)9-8-14-7-5-4-6-13(14)2/h4-7,10-12,16-17H,3,8-9H2,1-2H3. The molecule has 2 aromatic rings. The van der Waals surface area contributed by atoms with E-state index in [9.17, 15) is 0 Å². The number of hydrogen-bond acceptors (Lipinski definition) is 2. The van der Waals surface area contributed by atoms with Crippen molar-refractivity contribution < 1.29 is 4.42 Å². The van der Waals surface area contributed by atoms with E-state index in [-0.39, 0.29) is 0 Å². The highest BCUT2D eigenvalue weighted by molar-refractivity contribution is 5.26. The van der Waals surface area contributed by atoms with Gasteiger partial charge in [0.1, 0.15) is 0 Å². The molecule has 18 heavy (non-hydrogen) atoms. The summed E-state index contributed by atoms with van der Waals surface area (Å²) in [5, 5.41) is 3.51. The monoisotopic (exact) mass is 243 g/mol. The van der Waals surface area contributed by atoms with E-state index < -0.39 is 0 Å². The maximum absolute atomic E-state index is 5.18. The SMILES string of the molecule is CCNC(CCc1ccccc1C)c1ccoc1. The zero-order chi connectivity index (χ0) is 12.8. The Bertz CT molecular complexity index is 462. The van der Waals surface area contributed by atoms with E-state index in [0.29, 0.717) is 6.04 Å². The van der Waals surface area contributed by atoms with Gasteiger partial charge in [-0.2, -0.15) is 0 Å². The summed E-state index contributed by atoms with van der Waals surface area (Å²) in [7, 11) is 0. The molecule has 1 N–H and O–H groups in total. The molecule has 0 amide bonds. The first-order valence-corrected chi connectivity index (χ1v) is 6.61. The fourth-order valence-electron chi connectivity index (χ4n) is 2.30. The second-order valence-corrected chi connectivity index (χ2v) is 4.63. The van der Waals surface area contributed by atoms with Gasteiger partial charge in [0.05, 0.1) is 12.5 Å². The van der Waals surface area contributed by atoms with Crippen molar-refractivity contribution in [2.75, 3.05) is 6.54 Å². The van der Waals surface area contributed by atoms with Gasteiger partial charge in [-0.3, -0.25) is 0 Å². The van der Waals surface area contributed by atoms with Gasteiger partial charge in [-0.25, -0.2) is 0 Å². The maximum Gasteiger partial charge on any atom is 0.0950 e. The number of aryl methyl sites for hydroxylation is 2. The lowest BCUT2D eigenvalue weighted by molar-refractivity contribution is 0.501. The lowest BCUT2D eigenvalue weighted by atomic mass is 9.98. The first-order valence-electron chi connectivity index (χ1n) is 6.61. The Kier molecular flexibility index (Phi) is 4.59. The molecule has 0 aliphatic carbocycles. The van der Waals surface area contributed by atoms with Gasteiger partial charge >= 0.3 is 0 Å². The smallest absolute Gasteiger partial charge is 0.0950 e. The van der Waals surface area contributed by atoms with Crippen LogP contribution in [0, 0.1) is 6.92 Å². The molecule has 2 heteroatoms. The largest absolute Gasteiger partial charge is 0.472 e. The van der Waals surface area contributed by atoms with Crippen LogP contribution in [0.1, 0.15) is 36.1 Å². The average Bonchev–Trinajstić information content (AvgIpc) is 2.90. The molecule has 0 spiro atoms. The van der Waals surface area contributed by atoms with Gasteiger partial charge in [-0.15, -0.1) is 0 Å². The average molecular weight is 243 g/mol. The summed E-state index contributed by atoms with van der Waals surface area (Å²) < 4.78 is 5.18. The van der Waals surface area contributed by atoms with Crippen molar-refractivity contribution >= 4 is 0 Å². The minimum Gasteiger partial charge on any atom is -0.472 e. The number of furan rings is 1. The molecule has 1 atom stereocenters. The van der Waals surface area contributed by atoms with E-state index in [4.69, 9.17) is 4.42 Å². The summed E-state index contributed by atoms with van der Waals surface area (Å²) in [4.78, 5) is 0. The van der Waals surface area contributed by atoms with Crippen LogP contribution in [0.4, 0.5) is 0 Å². The van der Waals surface area contributed by atoms with Crippen molar-refractivity contribution in [2.24, 2.45) is 0 Å². The van der Waals surface area contributed by atoms with Crippen molar-refractivity contribution in [1.29, 1.82) is 0 Å². The van der Waals surface area contributed by atoms with Crippen molar-refractivity contribution in [1.82, 2.24) is 5.32 Å². The molecule has 0 radical (unpaired) electrons. The molecular formula is C16H21NO. The second-order valence-electron chi connectivity index (χ2n) is 4.63. The number of nitrogens with one attached hydrogen (secondary N) is 1. The van der Waals surface area contributed by atoms with Crippen LogP contribution < -0.4 is 5.32 Å². The number of rotatable bonds is 6. The first-order chi connectivity index (χ1) is 8.81. The summed E-state index contributed by atoms with van der Waals surface area (Å²) in [5.74, 6) is 0. The third kappa shape index (κ3) is 3.23. The molecule has 0 saturated heterocycles. The zero-order valence-corrected chi connectivity index (χ0v) is 11.1. The highest BCUT2D eigenvalue weighted by Crippen LogP contribution is 2.20. The van der Waals surface area contributed by atoms with E-state index >= 15 is 0 Å². The summed E-state index contributed by atoms with van der Waals surface area (Å²) in [6, 6.07) is 11.0. The minimum absolute atomic E-state index is 0.383. The molecule has 1 unspecified atom stereocenters. The Morgan fingerprint density at radius 1 is 1.22 bits per heavy atom. The van der Waals surface area contributed by atoms with Gasteiger partial charge in [-0.1, -0.05) is 31.2 Å². The van der Waals surface area contributed by atoms with Gasteiger partial charge < -0.3 is 9.73 Å². The normalized spacial score (nSPS) is 12.6. The summed E-state index contributed by atoms with van der Waals surface area (Å²) in [5.41, 5.74) is 4.05. The highest BCUT2D eigenvalue weighted by atomic mass is 16.3. The summed E-state index contributed by atoms with van der Waals surface area (Å²) >= 11 is 0. The van der Waals surface area contributed by atoms with Crippen LogP contribution in [0.5, 0.6) is 0 Å². The van der Waals surface area contributed by atoms with Crippen LogP contribution in [0.25, 0.3) is 0 Å². The predicted octanol–water partition coefficient (Wildman–Crippen LogP) is 3.87. The maximum atomic E-state index is 5.18. The molecular weight excluding hydrogens is 222 g/mol. The minimum atomic E-state index is 0.383. The van der Waals surface area contributed by atoms with Gasteiger partial charge in [0.2, 0.25) is 0 Å². The molecule has 1 aromatic carbocycles. The molecule has 0 bridgehead atoms. The molecule has 2 nitrogen and oxygen atoms in total. The Hall–Kier alpha value is -1.54. The summed E-state index contributed by atoms with van der Waals surface area (Å²) in [6.07, 6.45) is 5.77. The van der Waals surface area contributed by atoms with E-state index in [1.807, 2.05) is 12.3 Å². The van der Waals surface area contributed by atoms with E-state index in [0.717, 1.165) is 19.4 Å². The van der Waals surface area contributed by atoms with E-state index in [1.165, 1.54) is 16.7 Å². The zero-order valence-electron chi connectivity index (χ0n) is 11.1. The van der Waals surface area contributed by atoms with E-state index in [1.54, 1.807) is 6.26 Å². The lowest BCUT2D eigenvalue weighted by Crippen LogP contribution is -2.21. The van der Waals surface area contributed by atoms with Crippen LogP contribution >= 0.6 is 0 Å². The summed E-state index contributed by atoms with van der Waals surface area (Å²) in [6.45, 7) is 5.29. The number of hydrogen-bond donors (Lipinski definition) is 1. The van der Waals surface area contributed by atoms with Crippen molar-refractivity contribution in [3.63, 3.8) is 0 Å². The molecule has 0 aliphatic heterocycles. The molecule has 1 aromatic heterocycles. The highest BCUT2D eigenvalue weighted by Gasteiger charge is 2.11. The Morgan fingerprint density at radius 3 is 2.72 bits per heavy atom. The van der Waals surface area contributed by atoms with Crippen LogP contribution in [0.3, 0.4) is 0 Å². The van der Waals surface area contributed by atoms with E-state index in [2.05, 4.69) is 43.4 Å². The van der Waals surface area contributed by atoms with Crippen LogP contribution in [0.15, 0.2) is 47.3 Å². The van der Waals surface area contributed by atoms with Crippen LogP contribution in [0.2, 0.25) is 0 Å². The fourth-order valence-corrected chi connectivity index (χ4v) is 2.30. The second kappa shape index (κ2) is 6.41. The topological polar surface area (TPSA) is 25.2 Å². The Morgan fingerprint density at radius 2 is 2.06 bits per heavy atom. The quantitative estimate of drug-likeness (QED) is 0.833. The van der Waals surface area contributed by atoms with Gasteiger partial charge in [0, 0.05) is 11.6 Å². The third-order valence-corrected chi connectivity index (χ3v) is 3.36. The molecule has 1 heterocycles. The van der Waals surface area contributed by atoms with Crippen molar-refractivity contribution in [3.05, 3.63) is 59.5 Å². The van der Waals surface area contributed by atoms with Gasteiger partial charge in [0.15, 0.2) is 0 Å². The molecule has 2 rings (SSSR count). The number of benzene rings is 1.